The highest BCUT2D eigenvalue weighted by molar-refractivity contribution is 6.07. The Morgan fingerprint density at radius 3 is 2.48 bits per heavy atom. The van der Waals surface area contributed by atoms with Crippen LogP contribution >= 0.6 is 0 Å². The van der Waals surface area contributed by atoms with E-state index >= 15 is 0 Å². The van der Waals surface area contributed by atoms with Gasteiger partial charge in [0.2, 0.25) is 0 Å². The van der Waals surface area contributed by atoms with E-state index in [0.29, 0.717) is 5.56 Å². The van der Waals surface area contributed by atoms with Gasteiger partial charge in [-0.3, -0.25) is 4.79 Å². The Bertz CT molecular complexity index is 880. The van der Waals surface area contributed by atoms with Crippen molar-refractivity contribution in [3.05, 3.63) is 83.7 Å². The van der Waals surface area contributed by atoms with Gasteiger partial charge >= 0.3 is 0 Å². The molecule has 0 atom stereocenters. The van der Waals surface area contributed by atoms with E-state index in [0.717, 1.165) is 22.1 Å². The lowest BCUT2D eigenvalue weighted by Gasteiger charge is -2.09. The van der Waals surface area contributed by atoms with Crippen LogP contribution in [0.5, 0.6) is 5.75 Å². The van der Waals surface area contributed by atoms with Crippen molar-refractivity contribution in [2.45, 2.75) is 0 Å². The SMILES string of the molecule is COc1c(/C=C/C(=O)c2ccc(F)cc2)ccc2ccccc12. The molecule has 0 N–H and O–H groups in total. The minimum absolute atomic E-state index is 0.180. The van der Waals surface area contributed by atoms with Crippen molar-refractivity contribution >= 4 is 22.6 Å². The molecule has 0 heterocycles. The third-order valence-corrected chi connectivity index (χ3v) is 3.66. The molecule has 3 heteroatoms. The highest BCUT2D eigenvalue weighted by Crippen LogP contribution is 2.30. The smallest absolute Gasteiger partial charge is 0.185 e. The number of hydrogen-bond donors (Lipinski definition) is 0. The van der Waals surface area contributed by atoms with Crippen LogP contribution < -0.4 is 4.74 Å². The second kappa shape index (κ2) is 6.44. The van der Waals surface area contributed by atoms with Crippen LogP contribution in [0.25, 0.3) is 16.8 Å². The Morgan fingerprint density at radius 2 is 1.74 bits per heavy atom. The lowest BCUT2D eigenvalue weighted by atomic mass is 10.0. The molecule has 0 unspecified atom stereocenters. The summed E-state index contributed by atoms with van der Waals surface area (Å²) in [5, 5.41) is 2.07. The second-order valence-electron chi connectivity index (χ2n) is 5.11. The minimum atomic E-state index is -0.360. The molecular weight excluding hydrogens is 291 g/mol. The average molecular weight is 306 g/mol. The van der Waals surface area contributed by atoms with Crippen molar-refractivity contribution in [2.75, 3.05) is 7.11 Å². The summed E-state index contributed by atoms with van der Waals surface area (Å²) < 4.78 is 18.4. The number of carbonyl (C=O) groups excluding carboxylic acids is 1. The third kappa shape index (κ3) is 3.14. The number of hydrogen-bond acceptors (Lipinski definition) is 2. The first kappa shape index (κ1) is 15.0. The second-order valence-corrected chi connectivity index (χ2v) is 5.11. The molecule has 0 radical (unpaired) electrons. The van der Waals surface area contributed by atoms with Gasteiger partial charge in [0.05, 0.1) is 7.11 Å². The van der Waals surface area contributed by atoms with Crippen LogP contribution in [0.15, 0.2) is 66.7 Å². The number of rotatable bonds is 4. The zero-order chi connectivity index (χ0) is 16.2. The van der Waals surface area contributed by atoms with Gasteiger partial charge in [-0.25, -0.2) is 4.39 Å². The number of allylic oxidation sites excluding steroid dienone is 1. The molecule has 0 saturated heterocycles. The molecule has 114 valence electrons. The maximum absolute atomic E-state index is 12.9. The van der Waals surface area contributed by atoms with Crippen molar-refractivity contribution in [1.29, 1.82) is 0 Å². The fraction of sp³-hybridized carbons (Fsp3) is 0.0500. The molecular formula is C20H15FO2. The number of halogens is 1. The summed E-state index contributed by atoms with van der Waals surface area (Å²) in [4.78, 5) is 12.1. The maximum atomic E-state index is 12.9. The molecule has 2 nitrogen and oxygen atoms in total. The van der Waals surface area contributed by atoms with Crippen LogP contribution in [0.2, 0.25) is 0 Å². The Kier molecular flexibility index (Phi) is 4.20. The van der Waals surface area contributed by atoms with E-state index in [2.05, 4.69) is 0 Å². The maximum Gasteiger partial charge on any atom is 0.185 e. The zero-order valence-electron chi connectivity index (χ0n) is 12.6. The molecule has 0 aliphatic rings. The highest BCUT2D eigenvalue weighted by atomic mass is 19.1. The van der Waals surface area contributed by atoms with E-state index in [1.807, 2.05) is 36.4 Å². The lowest BCUT2D eigenvalue weighted by molar-refractivity contribution is 0.104. The molecule has 0 bridgehead atoms. The van der Waals surface area contributed by atoms with E-state index in [1.54, 1.807) is 13.2 Å². The van der Waals surface area contributed by atoms with Crippen molar-refractivity contribution in [2.24, 2.45) is 0 Å². The fourth-order valence-electron chi connectivity index (χ4n) is 2.49. The van der Waals surface area contributed by atoms with Gasteiger partial charge < -0.3 is 4.74 Å². The Balaban J connectivity index is 1.94. The molecule has 0 fully saturated rings. The van der Waals surface area contributed by atoms with Gasteiger partial charge in [0.25, 0.3) is 0 Å². The van der Waals surface area contributed by atoms with E-state index in [1.165, 1.54) is 30.3 Å². The molecule has 0 aliphatic carbocycles. The Morgan fingerprint density at radius 1 is 1.00 bits per heavy atom. The monoisotopic (exact) mass is 306 g/mol. The molecule has 3 rings (SSSR count). The summed E-state index contributed by atoms with van der Waals surface area (Å²) in [5.74, 6) is 0.188. The van der Waals surface area contributed by atoms with Gasteiger partial charge in [0.15, 0.2) is 5.78 Å². The molecule has 3 aromatic carbocycles. The van der Waals surface area contributed by atoms with Gasteiger partial charge in [-0.1, -0.05) is 36.4 Å². The summed E-state index contributed by atoms with van der Waals surface area (Å²) in [7, 11) is 1.61. The minimum Gasteiger partial charge on any atom is -0.495 e. The predicted molar refractivity (Wildman–Crippen MR) is 90.3 cm³/mol. The van der Waals surface area contributed by atoms with Crippen LogP contribution in [0.3, 0.4) is 0 Å². The first-order valence-corrected chi connectivity index (χ1v) is 7.23. The largest absolute Gasteiger partial charge is 0.495 e. The van der Waals surface area contributed by atoms with Crippen LogP contribution in [-0.2, 0) is 0 Å². The zero-order valence-corrected chi connectivity index (χ0v) is 12.6. The number of carbonyl (C=O) groups is 1. The van der Waals surface area contributed by atoms with Gasteiger partial charge in [-0.05, 0) is 41.8 Å². The molecule has 0 saturated carbocycles. The third-order valence-electron chi connectivity index (χ3n) is 3.66. The van der Waals surface area contributed by atoms with Crippen molar-refractivity contribution in [3.8, 4) is 5.75 Å². The molecule has 0 aromatic heterocycles. The topological polar surface area (TPSA) is 26.3 Å². The van der Waals surface area contributed by atoms with Crippen LogP contribution in [0.1, 0.15) is 15.9 Å². The molecule has 0 aliphatic heterocycles. The first-order chi connectivity index (χ1) is 11.2. The number of fused-ring (bicyclic) bond motifs is 1. The van der Waals surface area contributed by atoms with Crippen LogP contribution in [0.4, 0.5) is 4.39 Å². The fourth-order valence-corrected chi connectivity index (χ4v) is 2.49. The number of methoxy groups -OCH3 is 1. The van der Waals surface area contributed by atoms with Gasteiger partial charge in [-0.2, -0.15) is 0 Å². The van der Waals surface area contributed by atoms with Crippen LogP contribution in [-0.4, -0.2) is 12.9 Å². The van der Waals surface area contributed by atoms with Gasteiger partial charge in [-0.15, -0.1) is 0 Å². The van der Waals surface area contributed by atoms with Crippen LogP contribution in [0, 0.1) is 5.82 Å². The Hall–Kier alpha value is -2.94. The molecule has 0 spiro atoms. The Labute approximate surface area is 133 Å². The van der Waals surface area contributed by atoms with Crippen molar-refractivity contribution in [1.82, 2.24) is 0 Å². The van der Waals surface area contributed by atoms with Gasteiger partial charge in [0, 0.05) is 16.5 Å². The summed E-state index contributed by atoms with van der Waals surface area (Å²) in [6.07, 6.45) is 3.19. The summed E-state index contributed by atoms with van der Waals surface area (Å²) in [6, 6.07) is 17.3. The van der Waals surface area contributed by atoms with Gasteiger partial charge in [0.1, 0.15) is 11.6 Å². The lowest BCUT2D eigenvalue weighted by Crippen LogP contribution is -1.94. The molecule has 3 aromatic rings. The summed E-state index contributed by atoms with van der Waals surface area (Å²) in [6.45, 7) is 0. The number of ether oxygens (including phenoxy) is 1. The normalized spacial score (nSPS) is 11.0. The quantitative estimate of drug-likeness (QED) is 0.507. The van der Waals surface area contributed by atoms with E-state index in [4.69, 9.17) is 4.74 Å². The standard InChI is InChI=1S/C20H15FO2/c1-23-20-16(7-6-14-4-2-3-5-18(14)20)10-13-19(22)15-8-11-17(21)12-9-15/h2-13H,1H3/b13-10+. The predicted octanol–water partition coefficient (Wildman–Crippen LogP) is 4.88. The van der Waals surface area contributed by atoms with E-state index in [-0.39, 0.29) is 11.6 Å². The molecule has 23 heavy (non-hydrogen) atoms. The number of benzene rings is 3. The summed E-state index contributed by atoms with van der Waals surface area (Å²) in [5.41, 5.74) is 1.27. The summed E-state index contributed by atoms with van der Waals surface area (Å²) >= 11 is 0. The highest BCUT2D eigenvalue weighted by Gasteiger charge is 2.07. The molecule has 0 amide bonds. The first-order valence-electron chi connectivity index (χ1n) is 7.23. The van der Waals surface area contributed by atoms with Crippen molar-refractivity contribution < 1.29 is 13.9 Å². The van der Waals surface area contributed by atoms with Crippen molar-refractivity contribution in [3.63, 3.8) is 0 Å². The average Bonchev–Trinajstić information content (AvgIpc) is 2.59. The number of ketones is 1. The van der Waals surface area contributed by atoms with E-state index < -0.39 is 0 Å². The van der Waals surface area contributed by atoms with E-state index in [9.17, 15) is 9.18 Å².